The first-order chi connectivity index (χ1) is 12.5. The van der Waals surface area contributed by atoms with Gasteiger partial charge in [-0.15, -0.1) is 0 Å². The van der Waals surface area contributed by atoms with Crippen LogP contribution in [0.4, 0.5) is 8.78 Å². The smallest absolute Gasteiger partial charge is 0.387 e. The fourth-order valence-electron chi connectivity index (χ4n) is 2.57. The normalized spacial score (nSPS) is 11.7. The van der Waals surface area contributed by atoms with Crippen LogP contribution in [0.25, 0.3) is 0 Å². The van der Waals surface area contributed by atoms with E-state index < -0.39 is 6.61 Å². The van der Waals surface area contributed by atoms with Crippen LogP contribution in [-0.4, -0.2) is 35.9 Å². The number of aliphatic imine (C=N–C) groups is 1. The van der Waals surface area contributed by atoms with Crippen molar-refractivity contribution in [1.82, 2.24) is 20.4 Å². The second-order valence-corrected chi connectivity index (χ2v) is 5.88. The van der Waals surface area contributed by atoms with Crippen LogP contribution in [0.1, 0.15) is 23.4 Å². The number of hydrogen-bond donors (Lipinski definition) is 2. The molecule has 0 aliphatic rings. The van der Waals surface area contributed by atoms with E-state index in [4.69, 9.17) is 0 Å². The molecule has 0 unspecified atom stereocenters. The molecular formula is C18H25F2N5O. The number of ether oxygens (including phenoxy) is 1. The summed E-state index contributed by atoms with van der Waals surface area (Å²) in [5.41, 5.74) is 3.00. The van der Waals surface area contributed by atoms with Crippen molar-refractivity contribution >= 4 is 5.96 Å². The molecule has 1 aromatic carbocycles. The number of alkyl halides is 2. The molecule has 6 nitrogen and oxygen atoms in total. The quantitative estimate of drug-likeness (QED) is 0.429. The summed E-state index contributed by atoms with van der Waals surface area (Å²) in [6.45, 7) is 3.23. The van der Waals surface area contributed by atoms with Crippen molar-refractivity contribution in [3.05, 3.63) is 47.3 Å². The highest BCUT2D eigenvalue weighted by atomic mass is 19.3. The summed E-state index contributed by atoms with van der Waals surface area (Å²) < 4.78 is 30.9. The zero-order valence-corrected chi connectivity index (χ0v) is 15.3. The van der Waals surface area contributed by atoms with Gasteiger partial charge in [0, 0.05) is 32.4 Å². The van der Waals surface area contributed by atoms with Gasteiger partial charge in [-0.25, -0.2) is 0 Å². The standard InChI is InChI=1S/C18H25F2N5O/c1-13-10-14(2)25(24-13)9-5-8-22-18(21-3)23-12-15-6-4-7-16(11-15)26-17(19)20/h4,6-7,10-11,17H,5,8-9,12H2,1-3H3,(H2,21,22,23). The maximum absolute atomic E-state index is 12.3. The first-order valence-electron chi connectivity index (χ1n) is 8.47. The Labute approximate surface area is 152 Å². The predicted molar refractivity (Wildman–Crippen MR) is 97.6 cm³/mol. The molecule has 0 atom stereocenters. The molecular weight excluding hydrogens is 340 g/mol. The molecule has 0 fully saturated rings. The van der Waals surface area contributed by atoms with Gasteiger partial charge in [0.25, 0.3) is 0 Å². The van der Waals surface area contributed by atoms with Crippen LogP contribution < -0.4 is 15.4 Å². The highest BCUT2D eigenvalue weighted by Gasteiger charge is 2.05. The average Bonchev–Trinajstić information content (AvgIpc) is 2.91. The zero-order chi connectivity index (χ0) is 18.9. The van der Waals surface area contributed by atoms with Gasteiger partial charge in [-0.05, 0) is 44.0 Å². The van der Waals surface area contributed by atoms with Crippen LogP contribution in [0.2, 0.25) is 0 Å². The molecule has 2 aromatic rings. The fraction of sp³-hybridized carbons (Fsp3) is 0.444. The number of nitrogens with zero attached hydrogens (tertiary/aromatic N) is 3. The molecule has 0 radical (unpaired) electrons. The van der Waals surface area contributed by atoms with Gasteiger partial charge < -0.3 is 15.4 Å². The van der Waals surface area contributed by atoms with E-state index in [2.05, 4.69) is 31.5 Å². The Hall–Kier alpha value is -2.64. The molecule has 0 aliphatic heterocycles. The third-order valence-corrected chi connectivity index (χ3v) is 3.75. The number of halogens is 2. The molecule has 26 heavy (non-hydrogen) atoms. The SMILES string of the molecule is CN=C(NCCCn1nc(C)cc1C)NCc1cccc(OC(F)F)c1. The minimum Gasteiger partial charge on any atom is -0.435 e. The zero-order valence-electron chi connectivity index (χ0n) is 15.3. The van der Waals surface area contributed by atoms with Crippen molar-refractivity contribution in [2.75, 3.05) is 13.6 Å². The molecule has 2 N–H and O–H groups in total. The van der Waals surface area contributed by atoms with Gasteiger partial charge in [0.15, 0.2) is 5.96 Å². The Morgan fingerprint density at radius 3 is 2.73 bits per heavy atom. The largest absolute Gasteiger partial charge is 0.435 e. The van der Waals surface area contributed by atoms with Crippen LogP contribution in [0.3, 0.4) is 0 Å². The number of benzene rings is 1. The maximum atomic E-state index is 12.3. The molecule has 0 amide bonds. The number of aromatic nitrogens is 2. The van der Waals surface area contributed by atoms with E-state index in [9.17, 15) is 8.78 Å². The molecule has 1 heterocycles. The number of guanidine groups is 1. The molecule has 0 bridgehead atoms. The number of rotatable bonds is 8. The van der Waals surface area contributed by atoms with Gasteiger partial charge in [-0.3, -0.25) is 9.67 Å². The number of hydrogen-bond acceptors (Lipinski definition) is 3. The summed E-state index contributed by atoms with van der Waals surface area (Å²) in [5, 5.41) is 10.8. The van der Waals surface area contributed by atoms with Gasteiger partial charge in [0.1, 0.15) is 5.75 Å². The summed E-state index contributed by atoms with van der Waals surface area (Å²) in [6, 6.07) is 8.65. The van der Waals surface area contributed by atoms with Gasteiger partial charge in [0.05, 0.1) is 5.69 Å². The van der Waals surface area contributed by atoms with E-state index in [0.29, 0.717) is 12.5 Å². The Kier molecular flexibility index (Phi) is 7.37. The average molecular weight is 365 g/mol. The van der Waals surface area contributed by atoms with E-state index in [1.54, 1.807) is 19.2 Å². The van der Waals surface area contributed by atoms with Crippen LogP contribution in [0.5, 0.6) is 5.75 Å². The molecule has 142 valence electrons. The molecule has 1 aromatic heterocycles. The minimum atomic E-state index is -2.82. The Morgan fingerprint density at radius 1 is 1.27 bits per heavy atom. The second kappa shape index (κ2) is 9.74. The highest BCUT2D eigenvalue weighted by molar-refractivity contribution is 5.79. The van der Waals surface area contributed by atoms with Gasteiger partial charge in [-0.1, -0.05) is 12.1 Å². The Bertz CT molecular complexity index is 730. The lowest BCUT2D eigenvalue weighted by Crippen LogP contribution is -2.37. The van der Waals surface area contributed by atoms with Crippen LogP contribution >= 0.6 is 0 Å². The van der Waals surface area contributed by atoms with Crippen molar-refractivity contribution in [2.45, 2.75) is 40.0 Å². The summed E-state index contributed by atoms with van der Waals surface area (Å²) >= 11 is 0. The highest BCUT2D eigenvalue weighted by Crippen LogP contribution is 2.15. The molecule has 8 heteroatoms. The summed E-state index contributed by atoms with van der Waals surface area (Å²) in [6.07, 6.45) is 0.903. The van der Waals surface area contributed by atoms with Crippen molar-refractivity contribution in [2.24, 2.45) is 4.99 Å². The van der Waals surface area contributed by atoms with Crippen molar-refractivity contribution in [1.29, 1.82) is 0 Å². The Balaban J connectivity index is 1.75. The topological polar surface area (TPSA) is 63.5 Å². The summed E-state index contributed by atoms with van der Waals surface area (Å²) in [4.78, 5) is 4.16. The lowest BCUT2D eigenvalue weighted by atomic mass is 10.2. The minimum absolute atomic E-state index is 0.145. The van der Waals surface area contributed by atoms with Crippen LogP contribution in [0, 0.1) is 13.8 Å². The fourth-order valence-corrected chi connectivity index (χ4v) is 2.57. The number of aryl methyl sites for hydroxylation is 3. The molecule has 0 saturated carbocycles. The lowest BCUT2D eigenvalue weighted by Gasteiger charge is -2.13. The molecule has 2 rings (SSSR count). The first-order valence-corrected chi connectivity index (χ1v) is 8.47. The third kappa shape index (κ3) is 6.34. The second-order valence-electron chi connectivity index (χ2n) is 5.88. The Morgan fingerprint density at radius 2 is 2.08 bits per heavy atom. The van der Waals surface area contributed by atoms with Crippen molar-refractivity contribution in [3.8, 4) is 5.75 Å². The van der Waals surface area contributed by atoms with Gasteiger partial charge >= 0.3 is 6.61 Å². The van der Waals surface area contributed by atoms with E-state index in [1.165, 1.54) is 6.07 Å². The van der Waals surface area contributed by atoms with Crippen LogP contribution in [0.15, 0.2) is 35.3 Å². The predicted octanol–water partition coefficient (Wildman–Crippen LogP) is 2.86. The molecule has 0 spiro atoms. The van der Waals surface area contributed by atoms with E-state index in [-0.39, 0.29) is 5.75 Å². The van der Waals surface area contributed by atoms with Gasteiger partial charge in [-0.2, -0.15) is 13.9 Å². The van der Waals surface area contributed by atoms with Crippen molar-refractivity contribution in [3.63, 3.8) is 0 Å². The van der Waals surface area contributed by atoms with E-state index >= 15 is 0 Å². The molecule has 0 saturated heterocycles. The van der Waals surface area contributed by atoms with E-state index in [0.717, 1.165) is 36.5 Å². The third-order valence-electron chi connectivity index (χ3n) is 3.75. The molecule has 0 aliphatic carbocycles. The van der Waals surface area contributed by atoms with Gasteiger partial charge in [0.2, 0.25) is 0 Å². The lowest BCUT2D eigenvalue weighted by molar-refractivity contribution is -0.0498. The maximum Gasteiger partial charge on any atom is 0.387 e. The number of nitrogens with one attached hydrogen (secondary N) is 2. The monoisotopic (exact) mass is 365 g/mol. The summed E-state index contributed by atoms with van der Waals surface area (Å²) in [5.74, 6) is 0.797. The van der Waals surface area contributed by atoms with Crippen molar-refractivity contribution < 1.29 is 13.5 Å². The van der Waals surface area contributed by atoms with E-state index in [1.807, 2.05) is 24.6 Å². The van der Waals surface area contributed by atoms with Crippen LogP contribution in [-0.2, 0) is 13.1 Å². The summed E-state index contributed by atoms with van der Waals surface area (Å²) in [7, 11) is 1.69. The first kappa shape index (κ1) is 19.7.